The van der Waals surface area contributed by atoms with Crippen LogP contribution in [0.3, 0.4) is 0 Å². The van der Waals surface area contributed by atoms with Crippen molar-refractivity contribution in [2.45, 2.75) is 88.2 Å². The summed E-state index contributed by atoms with van der Waals surface area (Å²) in [6.07, 6.45) is 10.4. The smallest absolute Gasteiger partial charge is 0.263 e. The molecule has 4 N–H and O–H groups in total. The number of epoxide rings is 1. The molecule has 2 rings (SSSR count). The Morgan fingerprint density at radius 3 is 2.50 bits per heavy atom. The SMILES string of the molecule is CCCCCCCCC[C@H]1O[C@@H]1/C=C/C(=O)[C@@]1(O)C(=O)N[C@H](CO)[C@H]1O. The number of rotatable bonds is 12. The van der Waals surface area contributed by atoms with E-state index in [4.69, 9.17) is 9.84 Å². The van der Waals surface area contributed by atoms with Crippen LogP contribution in [0.1, 0.15) is 58.3 Å². The summed E-state index contributed by atoms with van der Waals surface area (Å²) in [6, 6.07) is -1.05. The maximum atomic E-state index is 12.2. The first kappa shape index (κ1) is 21.0. The highest BCUT2D eigenvalue weighted by atomic mass is 16.6. The van der Waals surface area contributed by atoms with Crippen LogP contribution in [-0.2, 0) is 14.3 Å². The third kappa shape index (κ3) is 4.91. The van der Waals surface area contributed by atoms with E-state index in [-0.39, 0.29) is 12.2 Å². The first-order valence-corrected chi connectivity index (χ1v) is 9.65. The second kappa shape index (κ2) is 9.60. The van der Waals surface area contributed by atoms with Crippen LogP contribution >= 0.6 is 0 Å². The molecule has 0 spiro atoms. The summed E-state index contributed by atoms with van der Waals surface area (Å²) in [5.74, 6) is -1.89. The van der Waals surface area contributed by atoms with Gasteiger partial charge in [-0.2, -0.15) is 0 Å². The predicted molar refractivity (Wildman–Crippen MR) is 95.4 cm³/mol. The van der Waals surface area contributed by atoms with E-state index in [1.807, 2.05) is 0 Å². The third-order valence-corrected chi connectivity index (χ3v) is 5.20. The number of unbranched alkanes of at least 4 members (excludes halogenated alkanes) is 6. The molecule has 0 aromatic heterocycles. The topological polar surface area (TPSA) is 119 Å². The molecule has 26 heavy (non-hydrogen) atoms. The predicted octanol–water partition coefficient (Wildman–Crippen LogP) is 0.602. The Labute approximate surface area is 154 Å². The molecule has 1 amide bonds. The zero-order valence-corrected chi connectivity index (χ0v) is 15.4. The summed E-state index contributed by atoms with van der Waals surface area (Å²) < 4.78 is 5.48. The second-order valence-corrected chi connectivity index (χ2v) is 7.25. The van der Waals surface area contributed by atoms with Gasteiger partial charge in [-0.15, -0.1) is 0 Å². The fourth-order valence-corrected chi connectivity index (χ4v) is 3.36. The van der Waals surface area contributed by atoms with E-state index < -0.39 is 36.0 Å². The van der Waals surface area contributed by atoms with Gasteiger partial charge in [-0.25, -0.2) is 0 Å². The van der Waals surface area contributed by atoms with Crippen LogP contribution in [0.25, 0.3) is 0 Å². The van der Waals surface area contributed by atoms with Crippen molar-refractivity contribution in [3.05, 3.63) is 12.2 Å². The van der Waals surface area contributed by atoms with Crippen molar-refractivity contribution >= 4 is 11.7 Å². The van der Waals surface area contributed by atoms with Gasteiger partial charge in [0.1, 0.15) is 12.2 Å². The molecule has 0 unspecified atom stereocenters. The Hall–Kier alpha value is -1.28. The Morgan fingerprint density at radius 2 is 1.88 bits per heavy atom. The number of carbonyl (C=O) groups excluding carboxylic acids is 2. The minimum atomic E-state index is -2.55. The van der Waals surface area contributed by atoms with Crippen molar-refractivity contribution < 1.29 is 29.6 Å². The number of carbonyl (C=O) groups is 2. The Morgan fingerprint density at radius 1 is 1.23 bits per heavy atom. The van der Waals surface area contributed by atoms with Gasteiger partial charge < -0.3 is 25.4 Å². The first-order chi connectivity index (χ1) is 12.4. The van der Waals surface area contributed by atoms with E-state index in [0.29, 0.717) is 0 Å². The van der Waals surface area contributed by atoms with Crippen LogP contribution in [0.5, 0.6) is 0 Å². The fourth-order valence-electron chi connectivity index (χ4n) is 3.36. The fraction of sp³-hybridized carbons (Fsp3) is 0.789. The summed E-state index contributed by atoms with van der Waals surface area (Å²) in [7, 11) is 0. The van der Waals surface area contributed by atoms with E-state index in [1.165, 1.54) is 44.6 Å². The summed E-state index contributed by atoms with van der Waals surface area (Å²) >= 11 is 0. The van der Waals surface area contributed by atoms with Crippen LogP contribution in [-0.4, -0.2) is 63.6 Å². The molecule has 0 aliphatic carbocycles. The van der Waals surface area contributed by atoms with E-state index in [1.54, 1.807) is 0 Å². The molecule has 2 fully saturated rings. The molecule has 0 aromatic carbocycles. The zero-order chi connectivity index (χ0) is 19.2. The number of hydrogen-bond donors (Lipinski definition) is 4. The van der Waals surface area contributed by atoms with Crippen LogP contribution < -0.4 is 5.32 Å². The van der Waals surface area contributed by atoms with Crippen LogP contribution in [0.2, 0.25) is 0 Å². The Balaban J connectivity index is 1.69. The molecular formula is C19H31NO6. The number of ether oxygens (including phenoxy) is 1. The monoisotopic (exact) mass is 369 g/mol. The zero-order valence-electron chi connectivity index (χ0n) is 15.4. The molecule has 0 saturated carbocycles. The standard InChI is InChI=1S/C19H31NO6/c1-2-3-4-5-6-7-8-9-14-15(26-14)10-11-16(22)19(25)17(23)13(12-21)20-18(19)24/h10-11,13-15,17,21,23,25H,2-9,12H2,1H3,(H,20,24)/b11-10+/t13-,14-,15-,17-,19+/m1/s1. The van der Waals surface area contributed by atoms with Gasteiger partial charge >= 0.3 is 0 Å². The van der Waals surface area contributed by atoms with Crippen molar-refractivity contribution in [1.29, 1.82) is 0 Å². The van der Waals surface area contributed by atoms with E-state index in [9.17, 15) is 19.8 Å². The highest BCUT2D eigenvalue weighted by molar-refractivity contribution is 6.16. The van der Waals surface area contributed by atoms with Gasteiger partial charge in [0, 0.05) is 0 Å². The summed E-state index contributed by atoms with van der Waals surface area (Å²) in [5.41, 5.74) is -2.55. The number of nitrogens with one attached hydrogen (secondary N) is 1. The van der Waals surface area contributed by atoms with Crippen molar-refractivity contribution in [3.63, 3.8) is 0 Å². The van der Waals surface area contributed by atoms with Gasteiger partial charge in [0.05, 0.1) is 18.8 Å². The first-order valence-electron chi connectivity index (χ1n) is 9.65. The normalized spacial score (nSPS) is 33.6. The highest BCUT2D eigenvalue weighted by Gasteiger charge is 2.58. The van der Waals surface area contributed by atoms with Crippen LogP contribution in [0.4, 0.5) is 0 Å². The molecule has 0 aromatic rings. The largest absolute Gasteiger partial charge is 0.394 e. The molecular weight excluding hydrogens is 338 g/mol. The van der Waals surface area contributed by atoms with E-state index >= 15 is 0 Å². The molecule has 7 heteroatoms. The van der Waals surface area contributed by atoms with Crippen molar-refractivity contribution in [2.24, 2.45) is 0 Å². The number of amides is 1. The Bertz CT molecular complexity index is 522. The Kier molecular flexibility index (Phi) is 7.76. The number of aliphatic hydroxyl groups excluding tert-OH is 2. The van der Waals surface area contributed by atoms with Crippen molar-refractivity contribution in [2.75, 3.05) is 6.61 Å². The lowest BCUT2D eigenvalue weighted by Gasteiger charge is -2.21. The lowest BCUT2D eigenvalue weighted by molar-refractivity contribution is -0.154. The lowest BCUT2D eigenvalue weighted by Crippen LogP contribution is -2.52. The molecule has 2 aliphatic heterocycles. The molecule has 0 radical (unpaired) electrons. The number of aliphatic hydroxyl groups is 3. The average molecular weight is 369 g/mol. The molecule has 7 nitrogen and oxygen atoms in total. The van der Waals surface area contributed by atoms with Crippen LogP contribution in [0, 0.1) is 0 Å². The maximum absolute atomic E-state index is 12.2. The van der Waals surface area contributed by atoms with E-state index in [2.05, 4.69) is 12.2 Å². The number of ketones is 1. The van der Waals surface area contributed by atoms with Gasteiger partial charge in [0.15, 0.2) is 5.78 Å². The lowest BCUT2D eigenvalue weighted by atomic mass is 9.91. The second-order valence-electron chi connectivity index (χ2n) is 7.25. The van der Waals surface area contributed by atoms with Crippen molar-refractivity contribution in [1.82, 2.24) is 5.32 Å². The highest BCUT2D eigenvalue weighted by Crippen LogP contribution is 2.30. The van der Waals surface area contributed by atoms with E-state index in [0.717, 1.165) is 18.9 Å². The minimum Gasteiger partial charge on any atom is -0.394 e. The van der Waals surface area contributed by atoms with Crippen molar-refractivity contribution in [3.8, 4) is 0 Å². The van der Waals surface area contributed by atoms with Crippen LogP contribution in [0.15, 0.2) is 12.2 Å². The van der Waals surface area contributed by atoms with Gasteiger partial charge in [-0.3, -0.25) is 9.59 Å². The average Bonchev–Trinajstić information content (AvgIpc) is 3.35. The number of hydrogen-bond acceptors (Lipinski definition) is 6. The third-order valence-electron chi connectivity index (χ3n) is 5.20. The molecule has 2 heterocycles. The van der Waals surface area contributed by atoms with Gasteiger partial charge in [0.25, 0.3) is 5.91 Å². The molecule has 148 valence electrons. The maximum Gasteiger partial charge on any atom is 0.263 e. The summed E-state index contributed by atoms with van der Waals surface area (Å²) in [6.45, 7) is 1.64. The minimum absolute atomic E-state index is 0.0804. The molecule has 2 aliphatic rings. The molecule has 0 bridgehead atoms. The van der Waals surface area contributed by atoms with Gasteiger partial charge in [-0.05, 0) is 18.6 Å². The summed E-state index contributed by atoms with van der Waals surface area (Å²) in [5, 5.41) is 31.4. The van der Waals surface area contributed by atoms with Gasteiger partial charge in [-0.1, -0.05) is 51.9 Å². The summed E-state index contributed by atoms with van der Waals surface area (Å²) in [4.78, 5) is 24.0. The quantitative estimate of drug-likeness (QED) is 0.173. The molecule has 5 atom stereocenters. The molecule has 2 saturated heterocycles. The van der Waals surface area contributed by atoms with Gasteiger partial charge in [0.2, 0.25) is 5.60 Å².